The van der Waals surface area contributed by atoms with E-state index in [2.05, 4.69) is 0 Å². The van der Waals surface area contributed by atoms with E-state index in [1.54, 1.807) is 0 Å². The van der Waals surface area contributed by atoms with Crippen molar-refractivity contribution in [2.75, 3.05) is 6.61 Å². The SMILES string of the molecule is FC(F)COc1c(Cl)cc(Cl)cc1CCl. The van der Waals surface area contributed by atoms with E-state index in [-0.39, 0.29) is 16.7 Å². The Kier molecular flexibility index (Phi) is 4.90. The van der Waals surface area contributed by atoms with E-state index in [1.807, 2.05) is 0 Å². The molecule has 0 saturated heterocycles. The summed E-state index contributed by atoms with van der Waals surface area (Å²) in [6, 6.07) is 2.95. The molecule has 1 nitrogen and oxygen atoms in total. The zero-order chi connectivity index (χ0) is 11.4. The number of alkyl halides is 3. The average molecular weight is 276 g/mol. The van der Waals surface area contributed by atoms with Gasteiger partial charge in [0.2, 0.25) is 0 Å². The zero-order valence-corrected chi connectivity index (χ0v) is 9.71. The van der Waals surface area contributed by atoms with E-state index in [4.69, 9.17) is 39.5 Å². The molecule has 1 aromatic carbocycles. The second kappa shape index (κ2) is 5.73. The molecule has 0 unspecified atom stereocenters. The van der Waals surface area contributed by atoms with Crippen LogP contribution in [0.2, 0.25) is 10.0 Å². The molecule has 0 N–H and O–H groups in total. The van der Waals surface area contributed by atoms with Gasteiger partial charge in [0, 0.05) is 10.6 Å². The fourth-order valence-corrected chi connectivity index (χ4v) is 1.81. The molecule has 0 atom stereocenters. The Hall–Kier alpha value is -0.250. The fraction of sp³-hybridized carbons (Fsp3) is 0.333. The highest BCUT2D eigenvalue weighted by atomic mass is 35.5. The number of ether oxygens (including phenoxy) is 1. The summed E-state index contributed by atoms with van der Waals surface area (Å²) < 4.78 is 28.7. The van der Waals surface area contributed by atoms with Crippen LogP contribution in [0.1, 0.15) is 5.56 Å². The van der Waals surface area contributed by atoms with E-state index in [0.717, 1.165) is 0 Å². The van der Waals surface area contributed by atoms with Gasteiger partial charge in [-0.05, 0) is 12.1 Å². The second-order valence-electron chi connectivity index (χ2n) is 2.71. The fourth-order valence-electron chi connectivity index (χ4n) is 1.02. The topological polar surface area (TPSA) is 9.23 Å². The van der Waals surface area contributed by atoms with Gasteiger partial charge in [-0.25, -0.2) is 8.78 Å². The summed E-state index contributed by atoms with van der Waals surface area (Å²) in [7, 11) is 0. The molecule has 0 aliphatic rings. The highest BCUT2D eigenvalue weighted by molar-refractivity contribution is 6.35. The first-order chi connectivity index (χ1) is 7.04. The van der Waals surface area contributed by atoms with Crippen LogP contribution in [0.5, 0.6) is 5.75 Å². The van der Waals surface area contributed by atoms with Gasteiger partial charge >= 0.3 is 0 Å². The van der Waals surface area contributed by atoms with Crippen LogP contribution in [0.15, 0.2) is 12.1 Å². The Labute approximate surface area is 101 Å². The van der Waals surface area contributed by atoms with Crippen LogP contribution in [0, 0.1) is 0 Å². The van der Waals surface area contributed by atoms with Crippen molar-refractivity contribution in [3.05, 3.63) is 27.7 Å². The van der Waals surface area contributed by atoms with Gasteiger partial charge in [0.25, 0.3) is 6.43 Å². The van der Waals surface area contributed by atoms with Gasteiger partial charge in [-0.1, -0.05) is 23.2 Å². The standard InChI is InChI=1S/C9H7Cl3F2O/c10-3-5-1-6(11)2-7(12)9(5)15-4-8(13)14/h1-2,8H,3-4H2. The van der Waals surface area contributed by atoms with Crippen molar-refractivity contribution in [3.63, 3.8) is 0 Å². The largest absolute Gasteiger partial charge is 0.486 e. The van der Waals surface area contributed by atoms with Crippen molar-refractivity contribution >= 4 is 34.8 Å². The van der Waals surface area contributed by atoms with E-state index >= 15 is 0 Å². The van der Waals surface area contributed by atoms with Crippen molar-refractivity contribution < 1.29 is 13.5 Å². The van der Waals surface area contributed by atoms with Gasteiger partial charge in [0.05, 0.1) is 10.9 Å². The lowest BCUT2D eigenvalue weighted by Crippen LogP contribution is -2.08. The van der Waals surface area contributed by atoms with Gasteiger partial charge in [0.15, 0.2) is 0 Å². The summed E-state index contributed by atoms with van der Waals surface area (Å²) in [5, 5.41) is 0.568. The van der Waals surface area contributed by atoms with Crippen molar-refractivity contribution in [2.45, 2.75) is 12.3 Å². The number of rotatable bonds is 4. The monoisotopic (exact) mass is 274 g/mol. The molecule has 0 bridgehead atoms. The number of benzene rings is 1. The van der Waals surface area contributed by atoms with Crippen molar-refractivity contribution in [1.29, 1.82) is 0 Å². The van der Waals surface area contributed by atoms with Gasteiger partial charge < -0.3 is 4.74 Å². The van der Waals surface area contributed by atoms with Crippen LogP contribution < -0.4 is 4.74 Å². The molecule has 0 radical (unpaired) electrons. The minimum atomic E-state index is -2.56. The lowest BCUT2D eigenvalue weighted by Gasteiger charge is -2.11. The molecule has 1 aromatic rings. The molecule has 1 rings (SSSR count). The molecule has 15 heavy (non-hydrogen) atoms. The third-order valence-corrected chi connectivity index (χ3v) is 2.37. The maximum absolute atomic E-state index is 11.9. The van der Waals surface area contributed by atoms with Crippen molar-refractivity contribution in [3.8, 4) is 5.75 Å². The summed E-state index contributed by atoms with van der Waals surface area (Å²) in [5.74, 6) is 0.259. The van der Waals surface area contributed by atoms with Gasteiger partial charge in [-0.15, -0.1) is 11.6 Å². The maximum Gasteiger partial charge on any atom is 0.272 e. The Morgan fingerprint density at radius 2 is 1.93 bits per heavy atom. The lowest BCUT2D eigenvalue weighted by molar-refractivity contribution is 0.0816. The van der Waals surface area contributed by atoms with Gasteiger partial charge in [-0.2, -0.15) is 0 Å². The number of hydrogen-bond donors (Lipinski definition) is 0. The maximum atomic E-state index is 11.9. The minimum absolute atomic E-state index is 0.0961. The number of hydrogen-bond acceptors (Lipinski definition) is 1. The quantitative estimate of drug-likeness (QED) is 0.741. The second-order valence-corrected chi connectivity index (χ2v) is 3.82. The summed E-state index contributed by atoms with van der Waals surface area (Å²) in [5.41, 5.74) is 0.495. The predicted octanol–water partition coefficient (Wildman–Crippen LogP) is 4.38. The van der Waals surface area contributed by atoms with Crippen LogP contribution in [0.25, 0.3) is 0 Å². The molecule has 84 valence electrons. The lowest BCUT2D eigenvalue weighted by atomic mass is 10.2. The minimum Gasteiger partial charge on any atom is -0.486 e. The molecule has 0 heterocycles. The molecule has 0 amide bonds. The average Bonchev–Trinajstić information content (AvgIpc) is 2.14. The summed E-state index contributed by atoms with van der Waals surface area (Å²) >= 11 is 17.1. The highest BCUT2D eigenvalue weighted by Crippen LogP contribution is 2.33. The van der Waals surface area contributed by atoms with Crippen LogP contribution in [0.3, 0.4) is 0 Å². The first kappa shape index (κ1) is 12.8. The third kappa shape index (κ3) is 3.67. The molecule has 0 spiro atoms. The Morgan fingerprint density at radius 3 is 2.47 bits per heavy atom. The molecule has 0 aliphatic carbocycles. The van der Waals surface area contributed by atoms with E-state index in [0.29, 0.717) is 10.6 Å². The summed E-state index contributed by atoms with van der Waals surface area (Å²) in [6.45, 7) is -0.717. The van der Waals surface area contributed by atoms with Crippen molar-refractivity contribution in [1.82, 2.24) is 0 Å². The van der Waals surface area contributed by atoms with E-state index < -0.39 is 13.0 Å². The zero-order valence-electron chi connectivity index (χ0n) is 7.44. The predicted molar refractivity (Wildman–Crippen MR) is 57.5 cm³/mol. The molecule has 0 fully saturated rings. The smallest absolute Gasteiger partial charge is 0.272 e. The molecule has 0 saturated carbocycles. The van der Waals surface area contributed by atoms with Crippen LogP contribution >= 0.6 is 34.8 Å². The third-order valence-electron chi connectivity index (χ3n) is 1.58. The first-order valence-corrected chi connectivity index (χ1v) is 5.28. The van der Waals surface area contributed by atoms with E-state index in [9.17, 15) is 8.78 Å². The Morgan fingerprint density at radius 1 is 1.27 bits per heavy atom. The highest BCUT2D eigenvalue weighted by Gasteiger charge is 2.12. The van der Waals surface area contributed by atoms with Gasteiger partial charge in [-0.3, -0.25) is 0 Å². The normalized spacial score (nSPS) is 10.8. The molecular weight excluding hydrogens is 268 g/mol. The molecule has 0 aromatic heterocycles. The molecule has 0 aliphatic heterocycles. The summed E-state index contributed by atoms with van der Waals surface area (Å²) in [6.07, 6.45) is -2.56. The first-order valence-electron chi connectivity index (χ1n) is 3.99. The Balaban J connectivity index is 2.93. The van der Waals surface area contributed by atoms with Gasteiger partial charge in [0.1, 0.15) is 12.4 Å². The summed E-state index contributed by atoms with van der Waals surface area (Å²) in [4.78, 5) is 0. The van der Waals surface area contributed by atoms with Crippen molar-refractivity contribution in [2.24, 2.45) is 0 Å². The molecular formula is C9H7Cl3F2O. The van der Waals surface area contributed by atoms with Crippen LogP contribution in [-0.2, 0) is 5.88 Å². The molecule has 6 heteroatoms. The van der Waals surface area contributed by atoms with Crippen LogP contribution in [-0.4, -0.2) is 13.0 Å². The van der Waals surface area contributed by atoms with Crippen LogP contribution in [0.4, 0.5) is 8.78 Å². The van der Waals surface area contributed by atoms with E-state index in [1.165, 1.54) is 12.1 Å². The Bertz CT molecular complexity index is 344. The number of halogens is 5.